The highest BCUT2D eigenvalue weighted by Crippen LogP contribution is 2.48. The molecule has 0 bridgehead atoms. The number of halogens is 2. The van der Waals surface area contributed by atoms with E-state index in [-0.39, 0.29) is 10.8 Å². The first kappa shape index (κ1) is 29.4. The third kappa shape index (κ3) is 5.98. The fraction of sp³-hybridized carbons (Fsp3) is 0.400. The standard InChI is InChI=1S/C35H43Cl2N2/c1-7-9-22-38-30-20-18-26(36)24-28(30)34(3,4)32(38)16-14-12-11-13-15-17-33-35(5,6)29-25-27(37)19-21-31(29)39(33)23-10-8-2/h11-21,24-25H,7-10,22-23H2,1-6H3/q+1. The van der Waals surface area contributed by atoms with Crippen molar-refractivity contribution in [1.29, 1.82) is 0 Å². The molecule has 0 amide bonds. The molecule has 0 unspecified atom stereocenters. The van der Waals surface area contributed by atoms with E-state index in [0.29, 0.717) is 0 Å². The van der Waals surface area contributed by atoms with Crippen LogP contribution in [0.25, 0.3) is 0 Å². The molecule has 0 N–H and O–H groups in total. The fourth-order valence-electron chi connectivity index (χ4n) is 5.90. The molecule has 0 spiro atoms. The lowest BCUT2D eigenvalue weighted by Crippen LogP contribution is -2.27. The van der Waals surface area contributed by atoms with Gasteiger partial charge in [-0.05, 0) is 62.2 Å². The molecule has 2 aromatic rings. The highest BCUT2D eigenvalue weighted by Gasteiger charge is 2.44. The van der Waals surface area contributed by atoms with Crippen LogP contribution in [0.2, 0.25) is 10.0 Å². The van der Waals surface area contributed by atoms with E-state index in [4.69, 9.17) is 23.2 Å². The van der Waals surface area contributed by atoms with Gasteiger partial charge in [0.25, 0.3) is 0 Å². The van der Waals surface area contributed by atoms with Gasteiger partial charge in [0, 0.05) is 57.5 Å². The van der Waals surface area contributed by atoms with Crippen LogP contribution in [0.4, 0.5) is 11.4 Å². The predicted molar refractivity (Wildman–Crippen MR) is 171 cm³/mol. The monoisotopic (exact) mass is 561 g/mol. The molecule has 4 rings (SSSR count). The van der Waals surface area contributed by atoms with Crippen molar-refractivity contribution in [1.82, 2.24) is 0 Å². The number of nitrogens with zero attached hydrogens (tertiary/aromatic N) is 2. The van der Waals surface area contributed by atoms with Crippen LogP contribution in [0.15, 0.2) is 84.6 Å². The van der Waals surface area contributed by atoms with Crippen molar-refractivity contribution in [3.63, 3.8) is 0 Å². The molecule has 2 heterocycles. The second-order valence-corrected chi connectivity index (χ2v) is 12.5. The van der Waals surface area contributed by atoms with Crippen LogP contribution in [0.3, 0.4) is 0 Å². The van der Waals surface area contributed by atoms with Gasteiger partial charge in [0.15, 0.2) is 5.71 Å². The van der Waals surface area contributed by atoms with E-state index < -0.39 is 0 Å². The summed E-state index contributed by atoms with van der Waals surface area (Å²) in [6, 6.07) is 12.6. The minimum Gasteiger partial charge on any atom is -0.344 e. The molecule has 2 nitrogen and oxygen atoms in total. The van der Waals surface area contributed by atoms with E-state index in [0.717, 1.165) is 36.0 Å². The van der Waals surface area contributed by atoms with E-state index in [9.17, 15) is 0 Å². The molecule has 2 aromatic carbocycles. The molecule has 206 valence electrons. The molecule has 0 saturated heterocycles. The zero-order valence-corrected chi connectivity index (χ0v) is 25.9. The van der Waals surface area contributed by atoms with Gasteiger partial charge in [-0.3, -0.25) is 0 Å². The summed E-state index contributed by atoms with van der Waals surface area (Å²) in [7, 11) is 0. The molecule has 0 saturated carbocycles. The summed E-state index contributed by atoms with van der Waals surface area (Å²) in [5.74, 6) is 0. The number of unbranched alkanes of at least 4 members (excludes halogenated alkanes) is 2. The van der Waals surface area contributed by atoms with Gasteiger partial charge >= 0.3 is 0 Å². The highest BCUT2D eigenvalue weighted by molar-refractivity contribution is 6.31. The summed E-state index contributed by atoms with van der Waals surface area (Å²) < 4.78 is 2.47. The van der Waals surface area contributed by atoms with Crippen LogP contribution in [0, 0.1) is 0 Å². The van der Waals surface area contributed by atoms with Crippen molar-refractivity contribution in [3.8, 4) is 0 Å². The molecule has 2 aliphatic heterocycles. The number of fused-ring (bicyclic) bond motifs is 2. The third-order valence-electron chi connectivity index (χ3n) is 8.13. The number of rotatable bonds is 10. The summed E-state index contributed by atoms with van der Waals surface area (Å²) >= 11 is 12.8. The van der Waals surface area contributed by atoms with E-state index >= 15 is 0 Å². The Bertz CT molecular complexity index is 1350. The smallest absolute Gasteiger partial charge is 0.209 e. The summed E-state index contributed by atoms with van der Waals surface area (Å²) in [5.41, 5.74) is 7.62. The Labute approximate surface area is 246 Å². The van der Waals surface area contributed by atoms with Crippen LogP contribution in [-0.4, -0.2) is 23.4 Å². The molecule has 39 heavy (non-hydrogen) atoms. The molecule has 0 radical (unpaired) electrons. The fourth-order valence-corrected chi connectivity index (χ4v) is 6.24. The number of benzene rings is 2. The van der Waals surface area contributed by atoms with Crippen molar-refractivity contribution in [3.05, 3.63) is 106 Å². The van der Waals surface area contributed by atoms with Crippen molar-refractivity contribution in [2.75, 3.05) is 18.0 Å². The zero-order chi connectivity index (χ0) is 28.2. The maximum atomic E-state index is 6.38. The van der Waals surface area contributed by atoms with E-state index in [1.165, 1.54) is 46.8 Å². The molecule has 0 atom stereocenters. The molecule has 0 aromatic heterocycles. The first-order chi connectivity index (χ1) is 18.6. The van der Waals surface area contributed by atoms with Crippen LogP contribution >= 0.6 is 23.2 Å². The van der Waals surface area contributed by atoms with E-state index in [1.54, 1.807) is 0 Å². The Balaban J connectivity index is 1.53. The Morgan fingerprint density at radius 3 is 2.13 bits per heavy atom. The van der Waals surface area contributed by atoms with Crippen molar-refractivity contribution in [2.45, 2.75) is 78.1 Å². The largest absolute Gasteiger partial charge is 0.344 e. The summed E-state index contributed by atoms with van der Waals surface area (Å²) in [4.78, 5) is 2.47. The van der Waals surface area contributed by atoms with Gasteiger partial charge in [-0.1, -0.05) is 94.1 Å². The highest BCUT2D eigenvalue weighted by atomic mass is 35.5. The van der Waals surface area contributed by atoms with Gasteiger partial charge in [-0.25, -0.2) is 0 Å². The Morgan fingerprint density at radius 1 is 0.769 bits per heavy atom. The number of hydrogen-bond acceptors (Lipinski definition) is 1. The number of hydrogen-bond donors (Lipinski definition) is 0. The first-order valence-corrected chi connectivity index (χ1v) is 15.1. The number of allylic oxidation sites excluding steroid dienone is 8. The van der Waals surface area contributed by atoms with Crippen LogP contribution in [0.1, 0.15) is 78.4 Å². The van der Waals surface area contributed by atoms with Crippen molar-refractivity contribution >= 4 is 40.3 Å². The Kier molecular flexibility index (Phi) is 9.29. The Hall–Kier alpha value is -2.55. The minimum atomic E-state index is -0.0908. The maximum absolute atomic E-state index is 6.38. The lowest BCUT2D eigenvalue weighted by molar-refractivity contribution is -0.438. The van der Waals surface area contributed by atoms with Crippen LogP contribution < -0.4 is 4.90 Å². The van der Waals surface area contributed by atoms with Gasteiger partial charge in [-0.15, -0.1) is 0 Å². The maximum Gasteiger partial charge on any atom is 0.209 e. The van der Waals surface area contributed by atoms with Gasteiger partial charge in [-0.2, -0.15) is 4.58 Å². The van der Waals surface area contributed by atoms with E-state index in [1.807, 2.05) is 12.1 Å². The van der Waals surface area contributed by atoms with Crippen molar-refractivity contribution in [2.24, 2.45) is 0 Å². The lowest BCUT2D eigenvalue weighted by Gasteiger charge is -2.26. The minimum absolute atomic E-state index is 0.0908. The van der Waals surface area contributed by atoms with E-state index in [2.05, 4.69) is 118 Å². The third-order valence-corrected chi connectivity index (χ3v) is 8.60. The van der Waals surface area contributed by atoms with Crippen molar-refractivity contribution < 1.29 is 4.58 Å². The Morgan fingerprint density at radius 2 is 1.41 bits per heavy atom. The van der Waals surface area contributed by atoms with Gasteiger partial charge in [0.2, 0.25) is 5.69 Å². The molecule has 4 heteroatoms. The zero-order valence-electron chi connectivity index (χ0n) is 24.4. The molecule has 0 aliphatic carbocycles. The van der Waals surface area contributed by atoms with Gasteiger partial charge in [0.05, 0.1) is 5.41 Å². The summed E-state index contributed by atoms with van der Waals surface area (Å²) in [6.45, 7) is 15.7. The SMILES string of the molecule is CCCCN1/C(=C/C=C/C=C/C=C/C2=[N+](CCCC)c3ccc(Cl)cc3C2(C)C)C(C)(C)c2cc(Cl)ccc21. The van der Waals surface area contributed by atoms with Gasteiger partial charge < -0.3 is 4.90 Å². The molecular formula is C35H43Cl2N2+. The number of anilines is 1. The van der Waals surface area contributed by atoms with Gasteiger partial charge in [0.1, 0.15) is 6.54 Å². The normalized spacial score (nSPS) is 18.9. The average Bonchev–Trinajstić information content (AvgIpc) is 3.23. The quantitative estimate of drug-likeness (QED) is 0.206. The first-order valence-electron chi connectivity index (χ1n) is 14.4. The topological polar surface area (TPSA) is 6.25 Å². The molecule has 0 fully saturated rings. The average molecular weight is 563 g/mol. The van der Waals surface area contributed by atoms with Crippen LogP contribution in [-0.2, 0) is 10.8 Å². The van der Waals surface area contributed by atoms with Crippen LogP contribution in [0.5, 0.6) is 0 Å². The second-order valence-electron chi connectivity index (χ2n) is 11.6. The molecule has 2 aliphatic rings. The predicted octanol–water partition coefficient (Wildman–Crippen LogP) is 10.3. The summed E-state index contributed by atoms with van der Waals surface area (Å²) in [5, 5.41) is 1.60. The molecular weight excluding hydrogens is 519 g/mol. The lowest BCUT2D eigenvalue weighted by atomic mass is 9.81. The second kappa shape index (κ2) is 12.3. The summed E-state index contributed by atoms with van der Waals surface area (Å²) in [6.07, 6.45) is 19.8.